The first-order chi connectivity index (χ1) is 7.27. The van der Waals surface area contributed by atoms with Gasteiger partial charge in [0.25, 0.3) is 0 Å². The molecule has 0 radical (unpaired) electrons. The molecule has 1 N–H and O–H groups in total. The van der Waals surface area contributed by atoms with Crippen LogP contribution in [0.3, 0.4) is 0 Å². The van der Waals surface area contributed by atoms with Crippen LogP contribution in [0, 0.1) is 6.92 Å². The molecule has 4 nitrogen and oxygen atoms in total. The lowest BCUT2D eigenvalue weighted by molar-refractivity contribution is 0.189. The van der Waals surface area contributed by atoms with Crippen molar-refractivity contribution < 1.29 is 4.74 Å². The summed E-state index contributed by atoms with van der Waals surface area (Å²) < 4.78 is 7.01. The minimum atomic E-state index is 0.793. The summed E-state index contributed by atoms with van der Waals surface area (Å²) in [5.41, 5.74) is 2.41. The van der Waals surface area contributed by atoms with Crippen LogP contribution in [0.15, 0.2) is 6.20 Å². The molecule has 1 aromatic heterocycles. The molecule has 0 aliphatic carbocycles. The first kappa shape index (κ1) is 12.2. The Balaban J connectivity index is 2.45. The predicted molar refractivity (Wildman–Crippen MR) is 60.8 cm³/mol. The van der Waals surface area contributed by atoms with Crippen LogP contribution in [0.5, 0.6) is 0 Å². The van der Waals surface area contributed by atoms with Gasteiger partial charge in [-0.1, -0.05) is 6.92 Å². The van der Waals surface area contributed by atoms with Crippen LogP contribution in [0.2, 0.25) is 0 Å². The van der Waals surface area contributed by atoms with Gasteiger partial charge in [0.05, 0.1) is 5.69 Å². The van der Waals surface area contributed by atoms with E-state index in [1.165, 1.54) is 5.56 Å². The zero-order chi connectivity index (χ0) is 11.1. The van der Waals surface area contributed by atoms with Crippen LogP contribution >= 0.6 is 0 Å². The van der Waals surface area contributed by atoms with Crippen molar-refractivity contribution in [3.8, 4) is 0 Å². The van der Waals surface area contributed by atoms with Gasteiger partial charge < -0.3 is 10.1 Å². The third kappa shape index (κ3) is 4.01. The number of aromatic nitrogens is 2. The van der Waals surface area contributed by atoms with E-state index in [9.17, 15) is 0 Å². The molecule has 0 amide bonds. The van der Waals surface area contributed by atoms with Gasteiger partial charge in [0.2, 0.25) is 0 Å². The van der Waals surface area contributed by atoms with Gasteiger partial charge in [-0.15, -0.1) is 0 Å². The third-order valence-electron chi connectivity index (χ3n) is 2.35. The molecule has 0 atom stereocenters. The second-order valence-corrected chi connectivity index (χ2v) is 3.63. The van der Waals surface area contributed by atoms with E-state index in [-0.39, 0.29) is 0 Å². The van der Waals surface area contributed by atoms with E-state index in [4.69, 9.17) is 4.74 Å². The lowest BCUT2D eigenvalue weighted by atomic mass is 10.2. The van der Waals surface area contributed by atoms with E-state index < -0.39 is 0 Å². The number of nitrogens with zero attached hydrogens (tertiary/aromatic N) is 2. The summed E-state index contributed by atoms with van der Waals surface area (Å²) in [7, 11) is 1.73. The minimum absolute atomic E-state index is 0.793. The summed E-state index contributed by atoms with van der Waals surface area (Å²) >= 11 is 0. The maximum Gasteiger partial charge on any atom is 0.0638 e. The van der Waals surface area contributed by atoms with Gasteiger partial charge in [0.1, 0.15) is 0 Å². The van der Waals surface area contributed by atoms with Crippen molar-refractivity contribution in [1.82, 2.24) is 15.1 Å². The molecule has 4 heteroatoms. The highest BCUT2D eigenvalue weighted by molar-refractivity contribution is 5.14. The van der Waals surface area contributed by atoms with Crippen molar-refractivity contribution in [1.29, 1.82) is 0 Å². The fourth-order valence-corrected chi connectivity index (χ4v) is 1.48. The van der Waals surface area contributed by atoms with E-state index in [1.54, 1.807) is 7.11 Å². The highest BCUT2D eigenvalue weighted by Gasteiger charge is 2.03. The summed E-state index contributed by atoms with van der Waals surface area (Å²) in [5, 5.41) is 7.76. The summed E-state index contributed by atoms with van der Waals surface area (Å²) in [5.74, 6) is 0. The van der Waals surface area contributed by atoms with E-state index in [1.807, 2.05) is 4.68 Å². The summed E-state index contributed by atoms with van der Waals surface area (Å²) in [6.45, 7) is 7.79. The van der Waals surface area contributed by atoms with Crippen LogP contribution < -0.4 is 5.32 Å². The molecule has 0 spiro atoms. The third-order valence-corrected chi connectivity index (χ3v) is 2.35. The predicted octanol–water partition coefficient (Wildman–Crippen LogP) is 1.34. The molecule has 0 aromatic carbocycles. The van der Waals surface area contributed by atoms with Crippen LogP contribution in [0.4, 0.5) is 0 Å². The Bertz CT molecular complexity index is 283. The van der Waals surface area contributed by atoms with Crippen molar-refractivity contribution >= 4 is 0 Å². The number of nitrogens with one attached hydrogen (secondary N) is 1. The number of hydrogen-bond donors (Lipinski definition) is 1. The fraction of sp³-hybridized carbons (Fsp3) is 0.727. The first-order valence-electron chi connectivity index (χ1n) is 5.50. The van der Waals surface area contributed by atoms with Gasteiger partial charge >= 0.3 is 0 Å². The quantitative estimate of drug-likeness (QED) is 0.692. The van der Waals surface area contributed by atoms with Gasteiger partial charge in [-0.05, 0) is 19.9 Å². The fourth-order valence-electron chi connectivity index (χ4n) is 1.48. The SMILES string of the molecule is CCNCc1cn(CCCOC)nc1C. The molecule has 0 fully saturated rings. The molecule has 1 aromatic rings. The van der Waals surface area contributed by atoms with Gasteiger partial charge in [-0.25, -0.2) is 0 Å². The smallest absolute Gasteiger partial charge is 0.0638 e. The van der Waals surface area contributed by atoms with E-state index >= 15 is 0 Å². The Kier molecular flexibility index (Phi) is 5.36. The number of ether oxygens (including phenoxy) is 1. The monoisotopic (exact) mass is 211 g/mol. The molecule has 0 aliphatic rings. The average molecular weight is 211 g/mol. The molecular weight excluding hydrogens is 190 g/mol. The molecule has 1 rings (SSSR count). The Morgan fingerprint density at radius 3 is 3.00 bits per heavy atom. The molecule has 0 aliphatic heterocycles. The molecule has 0 saturated carbocycles. The standard InChI is InChI=1S/C11H21N3O/c1-4-12-8-11-9-14(13-10(11)2)6-5-7-15-3/h9,12H,4-8H2,1-3H3. The van der Waals surface area contributed by atoms with Gasteiger partial charge in [-0.3, -0.25) is 4.68 Å². The molecule has 0 unspecified atom stereocenters. The lowest BCUT2D eigenvalue weighted by Crippen LogP contribution is -2.11. The lowest BCUT2D eigenvalue weighted by Gasteiger charge is -2.00. The van der Waals surface area contributed by atoms with Crippen LogP contribution in [0.1, 0.15) is 24.6 Å². The van der Waals surface area contributed by atoms with E-state index in [0.29, 0.717) is 0 Å². The first-order valence-corrected chi connectivity index (χ1v) is 5.50. The van der Waals surface area contributed by atoms with Crippen molar-refractivity contribution in [2.45, 2.75) is 33.4 Å². The zero-order valence-corrected chi connectivity index (χ0v) is 9.92. The second kappa shape index (κ2) is 6.58. The van der Waals surface area contributed by atoms with Crippen LogP contribution in [-0.4, -0.2) is 30.0 Å². The summed E-state index contributed by atoms with van der Waals surface area (Å²) in [4.78, 5) is 0. The van der Waals surface area contributed by atoms with Crippen molar-refractivity contribution in [3.05, 3.63) is 17.5 Å². The van der Waals surface area contributed by atoms with E-state index in [0.717, 1.165) is 38.4 Å². The molecule has 86 valence electrons. The molecule has 15 heavy (non-hydrogen) atoms. The summed E-state index contributed by atoms with van der Waals surface area (Å²) in [6, 6.07) is 0. The maximum absolute atomic E-state index is 5.01. The molecular formula is C11H21N3O. The van der Waals surface area contributed by atoms with E-state index in [2.05, 4.69) is 30.5 Å². The highest BCUT2D eigenvalue weighted by atomic mass is 16.5. The van der Waals surface area contributed by atoms with Gasteiger partial charge in [-0.2, -0.15) is 5.10 Å². The topological polar surface area (TPSA) is 39.1 Å². The second-order valence-electron chi connectivity index (χ2n) is 3.63. The van der Waals surface area contributed by atoms with Crippen molar-refractivity contribution in [2.75, 3.05) is 20.3 Å². The summed E-state index contributed by atoms with van der Waals surface area (Å²) in [6.07, 6.45) is 3.13. The molecule has 1 heterocycles. The Morgan fingerprint density at radius 2 is 2.33 bits per heavy atom. The average Bonchev–Trinajstić information content (AvgIpc) is 2.57. The highest BCUT2D eigenvalue weighted by Crippen LogP contribution is 2.05. The Labute approximate surface area is 91.6 Å². The number of hydrogen-bond acceptors (Lipinski definition) is 3. The number of aryl methyl sites for hydroxylation is 2. The van der Waals surface area contributed by atoms with Crippen molar-refractivity contribution in [3.63, 3.8) is 0 Å². The largest absolute Gasteiger partial charge is 0.385 e. The normalized spacial score (nSPS) is 10.9. The zero-order valence-electron chi connectivity index (χ0n) is 9.92. The Morgan fingerprint density at radius 1 is 1.53 bits per heavy atom. The van der Waals surface area contributed by atoms with Gasteiger partial charge in [0, 0.05) is 38.6 Å². The Hall–Kier alpha value is -0.870. The van der Waals surface area contributed by atoms with Crippen LogP contribution in [0.25, 0.3) is 0 Å². The number of rotatable bonds is 7. The van der Waals surface area contributed by atoms with Gasteiger partial charge in [0.15, 0.2) is 0 Å². The number of methoxy groups -OCH3 is 1. The molecule has 0 saturated heterocycles. The minimum Gasteiger partial charge on any atom is -0.385 e. The van der Waals surface area contributed by atoms with Crippen LogP contribution in [-0.2, 0) is 17.8 Å². The maximum atomic E-state index is 5.01. The molecule has 0 bridgehead atoms. The van der Waals surface area contributed by atoms with Crippen molar-refractivity contribution in [2.24, 2.45) is 0 Å².